The zero-order valence-electron chi connectivity index (χ0n) is 3.36. The molecular weight excluding hydrogens is 293 g/mol. The number of imidazole rings is 1. The molecule has 0 aliphatic carbocycles. The minimum atomic E-state index is 0. The first-order valence-electron chi connectivity index (χ1n) is 1.61. The molecule has 0 saturated carbocycles. The van der Waals surface area contributed by atoms with Crippen molar-refractivity contribution in [3.63, 3.8) is 0 Å². The Kier molecular flexibility index (Phi) is 3.29. The summed E-state index contributed by atoms with van der Waals surface area (Å²) in [5.41, 5.74) is 0. The fraction of sp³-hybridized carbons (Fsp3) is 0. The summed E-state index contributed by atoms with van der Waals surface area (Å²) in [5, 5.41) is 0. The number of nitrogens with one attached hydrogen (secondary N) is 2. The Balaban J connectivity index is 0.000000360. The van der Waals surface area contributed by atoms with Crippen LogP contribution in [-0.4, -0.2) is 9.97 Å². The van der Waals surface area contributed by atoms with Gasteiger partial charge < -0.3 is 9.97 Å². The van der Waals surface area contributed by atoms with Crippen molar-refractivity contribution in [2.45, 2.75) is 0 Å². The molecule has 1 radical (unpaired) electrons. The SMILES string of the molecule is S=c1[nH]cc[nH]1.[Au]. The van der Waals surface area contributed by atoms with Gasteiger partial charge in [-0.2, -0.15) is 0 Å². The fourth-order valence-corrected chi connectivity index (χ4v) is 0.412. The number of aromatic amines is 2. The van der Waals surface area contributed by atoms with E-state index in [9.17, 15) is 0 Å². The first-order chi connectivity index (χ1) is 2.89. The summed E-state index contributed by atoms with van der Waals surface area (Å²) < 4.78 is 0.676. The smallest absolute Gasteiger partial charge is 0.174 e. The van der Waals surface area contributed by atoms with Gasteiger partial charge in [0.15, 0.2) is 4.77 Å². The van der Waals surface area contributed by atoms with Crippen LogP contribution in [0.15, 0.2) is 12.4 Å². The van der Waals surface area contributed by atoms with Crippen molar-refractivity contribution in [1.82, 2.24) is 9.97 Å². The van der Waals surface area contributed by atoms with Gasteiger partial charge >= 0.3 is 0 Å². The maximum atomic E-state index is 4.63. The molecule has 0 aliphatic rings. The second kappa shape index (κ2) is 3.21. The summed E-state index contributed by atoms with van der Waals surface area (Å²) >= 11 is 4.63. The maximum absolute atomic E-state index is 4.63. The Morgan fingerprint density at radius 2 is 1.71 bits per heavy atom. The summed E-state index contributed by atoms with van der Waals surface area (Å²) in [5.74, 6) is 0. The first kappa shape index (κ1) is 7.17. The van der Waals surface area contributed by atoms with Crippen molar-refractivity contribution in [1.29, 1.82) is 0 Å². The van der Waals surface area contributed by atoms with Crippen molar-refractivity contribution in [2.24, 2.45) is 0 Å². The molecule has 0 aliphatic heterocycles. The monoisotopic (exact) mass is 297 g/mol. The van der Waals surface area contributed by atoms with Gasteiger partial charge in [-0.3, -0.25) is 0 Å². The third-order valence-electron chi connectivity index (χ3n) is 0.512. The van der Waals surface area contributed by atoms with Crippen LogP contribution in [0.25, 0.3) is 0 Å². The molecule has 0 unspecified atom stereocenters. The summed E-state index contributed by atoms with van der Waals surface area (Å²) in [6.45, 7) is 0. The van der Waals surface area contributed by atoms with Crippen molar-refractivity contribution >= 4 is 12.2 Å². The minimum Gasteiger partial charge on any atom is -0.338 e. The molecule has 0 bridgehead atoms. The fourth-order valence-electron chi connectivity index (χ4n) is 0.276. The molecule has 0 saturated heterocycles. The number of hydrogen-bond acceptors (Lipinski definition) is 1. The third-order valence-corrected chi connectivity index (χ3v) is 0.748. The molecule has 1 heterocycles. The van der Waals surface area contributed by atoms with Gasteiger partial charge in [0.2, 0.25) is 0 Å². The number of hydrogen-bond donors (Lipinski definition) is 2. The van der Waals surface area contributed by atoms with Gasteiger partial charge in [-0.05, 0) is 12.2 Å². The molecule has 7 heavy (non-hydrogen) atoms. The molecule has 1 rings (SSSR count). The first-order valence-corrected chi connectivity index (χ1v) is 2.02. The van der Waals surface area contributed by atoms with E-state index in [0.717, 1.165) is 0 Å². The summed E-state index contributed by atoms with van der Waals surface area (Å²) in [4.78, 5) is 5.52. The van der Waals surface area contributed by atoms with Gasteiger partial charge in [-0.15, -0.1) is 0 Å². The zero-order valence-corrected chi connectivity index (χ0v) is 6.35. The van der Waals surface area contributed by atoms with Crippen LogP contribution in [0, 0.1) is 4.77 Å². The Morgan fingerprint density at radius 1 is 1.29 bits per heavy atom. The Bertz CT molecular complexity index is 151. The molecule has 0 atom stereocenters. The number of rotatable bonds is 0. The van der Waals surface area contributed by atoms with Gasteiger partial charge in [-0.25, -0.2) is 0 Å². The van der Waals surface area contributed by atoms with E-state index in [-0.39, 0.29) is 22.4 Å². The summed E-state index contributed by atoms with van der Waals surface area (Å²) in [7, 11) is 0. The predicted molar refractivity (Wildman–Crippen MR) is 26.0 cm³/mol. The average Bonchev–Trinajstić information content (AvgIpc) is 1.86. The minimum absolute atomic E-state index is 0. The molecule has 4 heteroatoms. The van der Waals surface area contributed by atoms with Crippen molar-refractivity contribution in [3.8, 4) is 0 Å². The normalized spacial score (nSPS) is 7.43. The van der Waals surface area contributed by atoms with Crippen LogP contribution in [0.3, 0.4) is 0 Å². The number of aromatic nitrogens is 2. The summed E-state index contributed by atoms with van der Waals surface area (Å²) in [6.07, 6.45) is 3.50. The van der Waals surface area contributed by atoms with Crippen molar-refractivity contribution in [2.75, 3.05) is 0 Å². The second-order valence-electron chi connectivity index (χ2n) is 0.951. The third kappa shape index (κ3) is 2.09. The zero-order chi connectivity index (χ0) is 4.41. The quantitative estimate of drug-likeness (QED) is 0.545. The summed E-state index contributed by atoms with van der Waals surface area (Å²) in [6, 6.07) is 0. The Labute approximate surface area is 61.9 Å². The van der Waals surface area contributed by atoms with Crippen LogP contribution in [-0.2, 0) is 22.4 Å². The van der Waals surface area contributed by atoms with E-state index < -0.39 is 0 Å². The van der Waals surface area contributed by atoms with Gasteiger partial charge in [0, 0.05) is 34.8 Å². The van der Waals surface area contributed by atoms with Crippen LogP contribution in [0.4, 0.5) is 0 Å². The van der Waals surface area contributed by atoms with Gasteiger partial charge in [0.25, 0.3) is 0 Å². The molecule has 0 aromatic carbocycles. The van der Waals surface area contributed by atoms with E-state index in [2.05, 4.69) is 22.2 Å². The van der Waals surface area contributed by atoms with Gasteiger partial charge in [-0.1, -0.05) is 0 Å². The molecule has 0 amide bonds. The predicted octanol–water partition coefficient (Wildman–Crippen LogP) is 1.07. The maximum Gasteiger partial charge on any atom is 0.174 e. The van der Waals surface area contributed by atoms with Gasteiger partial charge in [0.05, 0.1) is 0 Å². The van der Waals surface area contributed by atoms with Crippen molar-refractivity contribution < 1.29 is 22.4 Å². The molecule has 1 aromatic rings. The van der Waals surface area contributed by atoms with Crippen LogP contribution in [0.1, 0.15) is 0 Å². The van der Waals surface area contributed by atoms with E-state index in [1.807, 2.05) is 0 Å². The average molecular weight is 297 g/mol. The van der Waals surface area contributed by atoms with Crippen LogP contribution in [0.2, 0.25) is 0 Å². The molecule has 43 valence electrons. The largest absolute Gasteiger partial charge is 0.338 e. The van der Waals surface area contributed by atoms with E-state index in [1.165, 1.54) is 0 Å². The molecule has 2 N–H and O–H groups in total. The van der Waals surface area contributed by atoms with Crippen LogP contribution in [0.5, 0.6) is 0 Å². The second-order valence-corrected chi connectivity index (χ2v) is 1.36. The molecule has 0 fully saturated rings. The van der Waals surface area contributed by atoms with E-state index in [1.54, 1.807) is 12.4 Å². The van der Waals surface area contributed by atoms with Crippen molar-refractivity contribution in [3.05, 3.63) is 17.2 Å². The van der Waals surface area contributed by atoms with Crippen LogP contribution >= 0.6 is 12.2 Å². The molecule has 1 aromatic heterocycles. The molecule has 0 spiro atoms. The van der Waals surface area contributed by atoms with E-state index in [0.29, 0.717) is 4.77 Å². The standard InChI is InChI=1S/C3H4N2S.Au/c6-3-4-1-2-5-3;/h1-2H,(H2,4,5,6);. The topological polar surface area (TPSA) is 31.6 Å². The Morgan fingerprint density at radius 3 is 1.86 bits per heavy atom. The molecule has 2 nitrogen and oxygen atoms in total. The van der Waals surface area contributed by atoms with E-state index in [4.69, 9.17) is 0 Å². The Hall–Kier alpha value is 0.170. The van der Waals surface area contributed by atoms with Crippen LogP contribution < -0.4 is 0 Å². The van der Waals surface area contributed by atoms with Gasteiger partial charge in [0.1, 0.15) is 0 Å². The molecular formula is C3H4AuN2S. The number of H-pyrrole nitrogens is 2. The van der Waals surface area contributed by atoms with E-state index >= 15 is 0 Å².